The molecule has 0 spiro atoms. The number of hydrogen-bond acceptors (Lipinski definition) is 5. The Morgan fingerprint density at radius 1 is 1.52 bits per heavy atom. The maximum atomic E-state index is 12.2. The maximum Gasteiger partial charge on any atom is 0.293 e. The molecule has 1 aliphatic heterocycles. The molecule has 2 N–H and O–H groups in total. The van der Waals surface area contributed by atoms with Gasteiger partial charge in [-0.1, -0.05) is 0 Å². The lowest BCUT2D eigenvalue weighted by Crippen LogP contribution is -2.36. The molecule has 0 aliphatic carbocycles. The highest BCUT2D eigenvalue weighted by Crippen LogP contribution is 2.25. The molecule has 7 heteroatoms. The van der Waals surface area contributed by atoms with Crippen LogP contribution in [0.4, 0.5) is 11.4 Å². The molecular weight excluding hydrogens is 272 g/mol. The summed E-state index contributed by atoms with van der Waals surface area (Å²) in [7, 11) is 2.00. The molecule has 1 saturated heterocycles. The molecule has 2 rings (SSSR count). The summed E-state index contributed by atoms with van der Waals surface area (Å²) in [6.45, 7) is 4.20. The second kappa shape index (κ2) is 6.53. The molecule has 1 amide bonds. The summed E-state index contributed by atoms with van der Waals surface area (Å²) >= 11 is 0. The molecule has 1 heterocycles. The van der Waals surface area contributed by atoms with Crippen LogP contribution in [-0.2, 0) is 0 Å². The number of likely N-dealkylation sites (tertiary alicyclic amines) is 1. The summed E-state index contributed by atoms with van der Waals surface area (Å²) in [5, 5.41) is 16.9. The van der Waals surface area contributed by atoms with Gasteiger partial charge in [0.05, 0.1) is 4.92 Å². The SMILES string of the molecule is CCNc1ccc(C(=O)NC2CCN(C)C2)cc1[N+](=O)[O-]. The molecule has 0 bridgehead atoms. The first-order chi connectivity index (χ1) is 10.0. The summed E-state index contributed by atoms with van der Waals surface area (Å²) in [5.41, 5.74) is 0.672. The Morgan fingerprint density at radius 2 is 2.29 bits per heavy atom. The number of likely N-dealkylation sites (N-methyl/N-ethyl adjacent to an activating group) is 1. The van der Waals surface area contributed by atoms with Crippen molar-refractivity contribution in [2.45, 2.75) is 19.4 Å². The Hall–Kier alpha value is -2.15. The van der Waals surface area contributed by atoms with E-state index in [1.807, 2.05) is 14.0 Å². The highest BCUT2D eigenvalue weighted by molar-refractivity contribution is 5.96. The lowest BCUT2D eigenvalue weighted by molar-refractivity contribution is -0.384. The minimum atomic E-state index is -0.474. The molecule has 0 aromatic heterocycles. The van der Waals surface area contributed by atoms with Gasteiger partial charge in [0.15, 0.2) is 0 Å². The fourth-order valence-electron chi connectivity index (χ4n) is 2.49. The number of carbonyl (C=O) groups excluding carboxylic acids is 1. The van der Waals surface area contributed by atoms with Crippen molar-refractivity contribution < 1.29 is 9.72 Å². The monoisotopic (exact) mass is 292 g/mol. The van der Waals surface area contributed by atoms with E-state index < -0.39 is 4.92 Å². The van der Waals surface area contributed by atoms with Gasteiger partial charge in [0.1, 0.15) is 5.69 Å². The van der Waals surface area contributed by atoms with Crippen LogP contribution in [0.1, 0.15) is 23.7 Å². The largest absolute Gasteiger partial charge is 0.380 e. The van der Waals surface area contributed by atoms with E-state index in [0.717, 1.165) is 19.5 Å². The van der Waals surface area contributed by atoms with Crippen molar-refractivity contribution in [1.82, 2.24) is 10.2 Å². The van der Waals surface area contributed by atoms with Gasteiger partial charge >= 0.3 is 0 Å². The van der Waals surface area contributed by atoms with E-state index in [-0.39, 0.29) is 17.6 Å². The normalized spacial score (nSPS) is 18.5. The first kappa shape index (κ1) is 15.2. The Labute approximate surface area is 123 Å². The molecule has 0 saturated carbocycles. The third kappa shape index (κ3) is 3.69. The van der Waals surface area contributed by atoms with Gasteiger partial charge in [-0.05, 0) is 39.1 Å². The predicted molar refractivity (Wildman–Crippen MR) is 80.6 cm³/mol. The second-order valence-electron chi connectivity index (χ2n) is 5.24. The van der Waals surface area contributed by atoms with Crippen LogP contribution < -0.4 is 10.6 Å². The molecule has 1 aromatic carbocycles. The molecule has 1 fully saturated rings. The number of anilines is 1. The fourth-order valence-corrected chi connectivity index (χ4v) is 2.49. The third-order valence-electron chi connectivity index (χ3n) is 3.55. The Balaban J connectivity index is 2.13. The average molecular weight is 292 g/mol. The van der Waals surface area contributed by atoms with E-state index in [0.29, 0.717) is 17.8 Å². The molecular formula is C14H20N4O3. The van der Waals surface area contributed by atoms with E-state index >= 15 is 0 Å². The first-order valence-corrected chi connectivity index (χ1v) is 7.03. The number of carbonyl (C=O) groups is 1. The van der Waals surface area contributed by atoms with Gasteiger partial charge in [0.2, 0.25) is 0 Å². The van der Waals surface area contributed by atoms with Crippen molar-refractivity contribution in [3.63, 3.8) is 0 Å². The molecule has 0 radical (unpaired) electrons. The summed E-state index contributed by atoms with van der Waals surface area (Å²) < 4.78 is 0. The number of hydrogen-bond donors (Lipinski definition) is 2. The number of nitro groups is 1. The van der Waals surface area contributed by atoms with Gasteiger partial charge in [-0.25, -0.2) is 0 Å². The first-order valence-electron chi connectivity index (χ1n) is 7.03. The number of nitrogens with zero attached hydrogens (tertiary/aromatic N) is 2. The van der Waals surface area contributed by atoms with Crippen molar-refractivity contribution in [2.75, 3.05) is 32.0 Å². The van der Waals surface area contributed by atoms with Crippen LogP contribution in [0.5, 0.6) is 0 Å². The Bertz CT molecular complexity index is 547. The van der Waals surface area contributed by atoms with Crippen LogP contribution in [0.25, 0.3) is 0 Å². The smallest absolute Gasteiger partial charge is 0.293 e. The number of amides is 1. The van der Waals surface area contributed by atoms with Crippen molar-refractivity contribution in [1.29, 1.82) is 0 Å². The van der Waals surface area contributed by atoms with Crippen molar-refractivity contribution >= 4 is 17.3 Å². The minimum Gasteiger partial charge on any atom is -0.380 e. The Kier molecular flexibility index (Phi) is 4.74. The number of benzene rings is 1. The number of nitro benzene ring substituents is 1. The zero-order valence-electron chi connectivity index (χ0n) is 12.3. The highest BCUT2D eigenvalue weighted by atomic mass is 16.6. The van der Waals surface area contributed by atoms with Crippen molar-refractivity contribution in [2.24, 2.45) is 0 Å². The van der Waals surface area contributed by atoms with E-state index in [1.54, 1.807) is 12.1 Å². The summed E-state index contributed by atoms with van der Waals surface area (Å²) in [6.07, 6.45) is 0.903. The summed E-state index contributed by atoms with van der Waals surface area (Å²) in [6, 6.07) is 4.62. The minimum absolute atomic E-state index is 0.0759. The van der Waals surface area contributed by atoms with Gasteiger partial charge in [0.25, 0.3) is 11.6 Å². The lowest BCUT2D eigenvalue weighted by Gasteiger charge is -2.13. The van der Waals surface area contributed by atoms with Crippen molar-refractivity contribution in [3.8, 4) is 0 Å². The topological polar surface area (TPSA) is 87.5 Å². The van der Waals surface area contributed by atoms with Crippen LogP contribution in [0.2, 0.25) is 0 Å². The zero-order chi connectivity index (χ0) is 15.4. The van der Waals surface area contributed by atoms with E-state index in [1.165, 1.54) is 6.07 Å². The summed E-state index contributed by atoms with van der Waals surface area (Å²) in [4.78, 5) is 24.9. The fraction of sp³-hybridized carbons (Fsp3) is 0.500. The molecule has 1 unspecified atom stereocenters. The molecule has 21 heavy (non-hydrogen) atoms. The summed E-state index contributed by atoms with van der Waals surface area (Å²) in [5.74, 6) is -0.263. The van der Waals surface area contributed by atoms with Crippen LogP contribution in [0, 0.1) is 10.1 Å². The average Bonchev–Trinajstić information content (AvgIpc) is 2.84. The predicted octanol–water partition coefficient (Wildman–Crippen LogP) is 1.46. The Morgan fingerprint density at radius 3 is 2.86 bits per heavy atom. The molecule has 114 valence electrons. The van der Waals surface area contributed by atoms with Crippen molar-refractivity contribution in [3.05, 3.63) is 33.9 Å². The number of nitrogens with one attached hydrogen (secondary N) is 2. The van der Waals surface area contributed by atoms with Gasteiger partial charge in [0, 0.05) is 30.8 Å². The molecule has 1 aliphatic rings. The van der Waals surface area contributed by atoms with Gasteiger partial charge in [-0.15, -0.1) is 0 Å². The van der Waals surface area contributed by atoms with Crippen LogP contribution in [0.15, 0.2) is 18.2 Å². The van der Waals surface area contributed by atoms with Crippen LogP contribution >= 0.6 is 0 Å². The second-order valence-corrected chi connectivity index (χ2v) is 5.24. The lowest BCUT2D eigenvalue weighted by atomic mass is 10.1. The van der Waals surface area contributed by atoms with E-state index in [2.05, 4.69) is 15.5 Å². The molecule has 1 aromatic rings. The maximum absolute atomic E-state index is 12.2. The third-order valence-corrected chi connectivity index (χ3v) is 3.55. The molecule has 1 atom stereocenters. The molecule has 7 nitrogen and oxygen atoms in total. The van der Waals surface area contributed by atoms with Crippen LogP contribution in [-0.4, -0.2) is 48.5 Å². The van der Waals surface area contributed by atoms with Gasteiger partial charge < -0.3 is 15.5 Å². The van der Waals surface area contributed by atoms with Crippen LogP contribution in [0.3, 0.4) is 0 Å². The van der Waals surface area contributed by atoms with Gasteiger partial charge in [-0.3, -0.25) is 14.9 Å². The number of rotatable bonds is 5. The zero-order valence-corrected chi connectivity index (χ0v) is 12.3. The highest BCUT2D eigenvalue weighted by Gasteiger charge is 2.23. The van der Waals surface area contributed by atoms with E-state index in [9.17, 15) is 14.9 Å². The van der Waals surface area contributed by atoms with E-state index in [4.69, 9.17) is 0 Å². The van der Waals surface area contributed by atoms with Gasteiger partial charge in [-0.2, -0.15) is 0 Å². The quantitative estimate of drug-likeness (QED) is 0.633. The standard InChI is InChI=1S/C14H20N4O3/c1-3-15-12-5-4-10(8-13(12)18(20)21)14(19)16-11-6-7-17(2)9-11/h4-5,8,11,15H,3,6-7,9H2,1-2H3,(H,16,19).